The molecule has 0 bridgehead atoms. The first-order valence-corrected chi connectivity index (χ1v) is 8.56. The molecule has 2 N–H and O–H groups in total. The summed E-state index contributed by atoms with van der Waals surface area (Å²) in [7, 11) is -3.75. The Labute approximate surface area is 116 Å². The zero-order valence-corrected chi connectivity index (χ0v) is 12.1. The number of carbonyl (C=O) groups is 1. The highest BCUT2D eigenvalue weighted by molar-refractivity contribution is 7.92. The third-order valence-corrected chi connectivity index (χ3v) is 5.58. The molecular formula is C11H17N3O3S2. The van der Waals surface area contributed by atoms with Crippen LogP contribution in [0.1, 0.15) is 25.7 Å². The first-order valence-electron chi connectivity index (χ1n) is 6.20. The van der Waals surface area contributed by atoms with Crippen LogP contribution in [0.2, 0.25) is 0 Å². The highest BCUT2D eigenvalue weighted by atomic mass is 32.2. The number of nitrogens with one attached hydrogen (secondary N) is 2. The monoisotopic (exact) mass is 303 g/mol. The molecule has 0 radical (unpaired) electrons. The molecule has 1 aromatic rings. The summed E-state index contributed by atoms with van der Waals surface area (Å²) in [6.07, 6.45) is 4.32. The van der Waals surface area contributed by atoms with Gasteiger partial charge in [0.2, 0.25) is 0 Å². The van der Waals surface area contributed by atoms with Gasteiger partial charge in [-0.2, -0.15) is 0 Å². The Balaban J connectivity index is 1.90. The third-order valence-electron chi connectivity index (χ3n) is 2.85. The predicted molar refractivity (Wildman–Crippen MR) is 73.2 cm³/mol. The van der Waals surface area contributed by atoms with Crippen molar-refractivity contribution in [2.24, 2.45) is 0 Å². The first-order chi connectivity index (χ1) is 9.08. The fourth-order valence-corrected chi connectivity index (χ4v) is 3.83. The minimum absolute atomic E-state index is 0.138. The number of nitrogens with zero attached hydrogens (tertiary/aromatic N) is 1. The molecule has 0 atom stereocenters. The lowest BCUT2D eigenvalue weighted by molar-refractivity contribution is 0.184. The van der Waals surface area contributed by atoms with Crippen molar-refractivity contribution in [1.82, 2.24) is 15.2 Å². The minimum atomic E-state index is -3.75. The predicted octanol–water partition coefficient (Wildman–Crippen LogP) is 1.53. The van der Waals surface area contributed by atoms with Gasteiger partial charge in [-0.15, -0.1) is 11.3 Å². The average Bonchev–Trinajstić information content (AvgIpc) is 2.77. The van der Waals surface area contributed by atoms with E-state index in [0.29, 0.717) is 0 Å². The van der Waals surface area contributed by atoms with Gasteiger partial charge in [0.1, 0.15) is 4.21 Å². The van der Waals surface area contributed by atoms with Crippen molar-refractivity contribution in [3.8, 4) is 0 Å². The number of rotatable bonds is 3. The van der Waals surface area contributed by atoms with Crippen LogP contribution in [-0.2, 0) is 10.0 Å². The Hall–Kier alpha value is -1.12. The maximum atomic E-state index is 11.8. The molecular weight excluding hydrogens is 286 g/mol. The van der Waals surface area contributed by atoms with Gasteiger partial charge in [-0.05, 0) is 24.3 Å². The van der Waals surface area contributed by atoms with E-state index in [2.05, 4.69) is 5.43 Å². The van der Waals surface area contributed by atoms with Crippen LogP contribution in [0, 0.1) is 0 Å². The van der Waals surface area contributed by atoms with E-state index >= 15 is 0 Å². The molecule has 106 valence electrons. The van der Waals surface area contributed by atoms with Crippen molar-refractivity contribution in [3.63, 3.8) is 0 Å². The lowest BCUT2D eigenvalue weighted by Crippen LogP contribution is -2.49. The van der Waals surface area contributed by atoms with Gasteiger partial charge in [-0.1, -0.05) is 18.9 Å². The summed E-state index contributed by atoms with van der Waals surface area (Å²) in [5, 5.41) is 3.42. The lowest BCUT2D eigenvalue weighted by Gasteiger charge is -2.20. The molecule has 1 saturated heterocycles. The normalized spacial score (nSPS) is 17.7. The molecule has 1 aromatic heterocycles. The Morgan fingerprint density at radius 1 is 1.21 bits per heavy atom. The molecule has 2 amide bonds. The van der Waals surface area contributed by atoms with Gasteiger partial charge in [0.15, 0.2) is 0 Å². The molecule has 0 unspecified atom stereocenters. The molecule has 0 aromatic carbocycles. The third kappa shape index (κ3) is 4.19. The molecule has 1 aliphatic heterocycles. The maximum Gasteiger partial charge on any atom is 0.343 e. The number of hydrogen-bond donors (Lipinski definition) is 2. The standard InChI is InChI=1S/C11H17N3O3S2/c15-11(12-14-7-3-1-2-4-8-14)13-19(16,17)10-6-5-9-18-10/h5-6,9H,1-4,7-8H2,(H2,12,13,15). The van der Waals surface area contributed by atoms with E-state index in [1.807, 2.05) is 4.72 Å². The van der Waals surface area contributed by atoms with Crippen molar-refractivity contribution in [2.75, 3.05) is 13.1 Å². The van der Waals surface area contributed by atoms with Crippen LogP contribution in [0.3, 0.4) is 0 Å². The molecule has 2 heterocycles. The molecule has 0 saturated carbocycles. The number of hydrogen-bond acceptors (Lipinski definition) is 5. The smallest absolute Gasteiger partial charge is 0.270 e. The van der Waals surface area contributed by atoms with Crippen molar-refractivity contribution < 1.29 is 13.2 Å². The van der Waals surface area contributed by atoms with Gasteiger partial charge in [-0.3, -0.25) is 5.43 Å². The Bertz CT molecular complexity index is 505. The van der Waals surface area contributed by atoms with Gasteiger partial charge in [0.25, 0.3) is 10.0 Å². The molecule has 0 aliphatic carbocycles. The quantitative estimate of drug-likeness (QED) is 0.887. The van der Waals surface area contributed by atoms with Gasteiger partial charge >= 0.3 is 6.03 Å². The highest BCUT2D eigenvalue weighted by Gasteiger charge is 2.20. The SMILES string of the molecule is O=C(NN1CCCCCC1)NS(=O)(=O)c1cccs1. The van der Waals surface area contributed by atoms with E-state index in [1.165, 1.54) is 6.07 Å². The number of thiophene rings is 1. The zero-order valence-electron chi connectivity index (χ0n) is 10.5. The second-order valence-corrected chi connectivity index (χ2v) is 7.24. The summed E-state index contributed by atoms with van der Waals surface area (Å²) in [6.45, 7) is 1.51. The van der Waals surface area contributed by atoms with Crippen LogP contribution >= 0.6 is 11.3 Å². The van der Waals surface area contributed by atoms with Crippen molar-refractivity contribution >= 4 is 27.4 Å². The van der Waals surface area contributed by atoms with E-state index in [-0.39, 0.29) is 4.21 Å². The van der Waals surface area contributed by atoms with E-state index < -0.39 is 16.1 Å². The van der Waals surface area contributed by atoms with Crippen molar-refractivity contribution in [1.29, 1.82) is 0 Å². The summed E-state index contributed by atoms with van der Waals surface area (Å²) in [5.41, 5.74) is 2.59. The lowest BCUT2D eigenvalue weighted by atomic mass is 10.2. The molecule has 8 heteroatoms. The average molecular weight is 303 g/mol. The second-order valence-electron chi connectivity index (χ2n) is 4.38. The molecule has 1 fully saturated rings. The van der Waals surface area contributed by atoms with E-state index in [1.54, 1.807) is 16.5 Å². The van der Waals surface area contributed by atoms with Crippen LogP contribution in [-0.4, -0.2) is 32.5 Å². The second kappa shape index (κ2) is 6.36. The van der Waals surface area contributed by atoms with E-state index in [0.717, 1.165) is 50.1 Å². The van der Waals surface area contributed by atoms with Crippen LogP contribution in [0.4, 0.5) is 4.79 Å². The minimum Gasteiger partial charge on any atom is -0.270 e. The summed E-state index contributed by atoms with van der Waals surface area (Å²) >= 11 is 1.08. The Morgan fingerprint density at radius 2 is 1.89 bits per heavy atom. The number of hydrazine groups is 1. The Kier molecular flexibility index (Phi) is 4.78. The molecule has 0 spiro atoms. The molecule has 19 heavy (non-hydrogen) atoms. The van der Waals surface area contributed by atoms with Crippen molar-refractivity contribution in [2.45, 2.75) is 29.9 Å². The van der Waals surface area contributed by atoms with Crippen LogP contribution in [0.15, 0.2) is 21.7 Å². The van der Waals surface area contributed by atoms with E-state index in [4.69, 9.17) is 0 Å². The summed E-state index contributed by atoms with van der Waals surface area (Å²) in [4.78, 5) is 11.7. The van der Waals surface area contributed by atoms with Gasteiger partial charge < -0.3 is 0 Å². The number of carbonyl (C=O) groups excluding carboxylic acids is 1. The van der Waals surface area contributed by atoms with Gasteiger partial charge in [0.05, 0.1) is 0 Å². The largest absolute Gasteiger partial charge is 0.343 e. The number of sulfonamides is 1. The molecule has 2 rings (SSSR count). The van der Waals surface area contributed by atoms with Gasteiger partial charge in [0, 0.05) is 13.1 Å². The first kappa shape index (κ1) is 14.3. The summed E-state index contributed by atoms with van der Waals surface area (Å²) in [5.74, 6) is 0. The summed E-state index contributed by atoms with van der Waals surface area (Å²) < 4.78 is 25.8. The fourth-order valence-electron chi connectivity index (χ4n) is 1.94. The number of amides is 2. The zero-order chi connectivity index (χ0) is 13.7. The van der Waals surface area contributed by atoms with E-state index in [9.17, 15) is 13.2 Å². The number of urea groups is 1. The molecule has 1 aliphatic rings. The molecule has 6 nitrogen and oxygen atoms in total. The van der Waals surface area contributed by atoms with Crippen LogP contribution in [0.25, 0.3) is 0 Å². The van der Waals surface area contributed by atoms with Crippen LogP contribution in [0.5, 0.6) is 0 Å². The maximum absolute atomic E-state index is 11.8. The fraction of sp³-hybridized carbons (Fsp3) is 0.545. The summed E-state index contributed by atoms with van der Waals surface area (Å²) in [6, 6.07) is 2.40. The highest BCUT2D eigenvalue weighted by Crippen LogP contribution is 2.15. The topological polar surface area (TPSA) is 78.5 Å². The van der Waals surface area contributed by atoms with Crippen LogP contribution < -0.4 is 10.1 Å². The van der Waals surface area contributed by atoms with Gasteiger partial charge in [-0.25, -0.2) is 22.9 Å². The Morgan fingerprint density at radius 3 is 2.47 bits per heavy atom. The van der Waals surface area contributed by atoms with Crippen molar-refractivity contribution in [3.05, 3.63) is 17.5 Å².